The largest absolute Gasteiger partial charge is 0.388 e. The molecule has 0 saturated carbocycles. The molecule has 0 saturated heterocycles. The molecule has 4 heteroatoms. The average molecular weight is 241 g/mol. The van der Waals surface area contributed by atoms with E-state index in [2.05, 4.69) is 15.6 Å². The first kappa shape index (κ1) is 12.1. The lowest BCUT2D eigenvalue weighted by Gasteiger charge is -2.08. The van der Waals surface area contributed by atoms with Crippen molar-refractivity contribution in [3.05, 3.63) is 53.7 Å². The maximum absolute atomic E-state index is 11.9. The molecule has 2 rings (SSSR count). The lowest BCUT2D eigenvalue weighted by Crippen LogP contribution is -2.13. The molecule has 4 nitrogen and oxygen atoms in total. The van der Waals surface area contributed by atoms with Gasteiger partial charge in [-0.15, -0.1) is 0 Å². The first-order chi connectivity index (χ1) is 8.70. The van der Waals surface area contributed by atoms with Crippen molar-refractivity contribution in [2.45, 2.75) is 6.92 Å². The quantitative estimate of drug-likeness (QED) is 0.868. The van der Waals surface area contributed by atoms with Crippen LogP contribution in [0.15, 0.2) is 42.6 Å². The molecule has 0 unspecified atom stereocenters. The number of benzene rings is 1. The Morgan fingerprint density at radius 2 is 1.94 bits per heavy atom. The Morgan fingerprint density at radius 3 is 2.61 bits per heavy atom. The number of hydrogen-bond acceptors (Lipinski definition) is 3. The lowest BCUT2D eigenvalue weighted by atomic mass is 10.2. The maximum atomic E-state index is 11.9. The van der Waals surface area contributed by atoms with Gasteiger partial charge in [0.05, 0.1) is 0 Å². The van der Waals surface area contributed by atoms with Gasteiger partial charge in [0.25, 0.3) is 5.91 Å². The summed E-state index contributed by atoms with van der Waals surface area (Å²) in [6.45, 7) is 1.96. The number of hydrogen-bond donors (Lipinski definition) is 2. The van der Waals surface area contributed by atoms with Crippen LogP contribution in [-0.2, 0) is 0 Å². The molecule has 92 valence electrons. The smallest absolute Gasteiger partial charge is 0.256 e. The first-order valence-electron chi connectivity index (χ1n) is 5.71. The van der Waals surface area contributed by atoms with E-state index in [9.17, 15) is 4.79 Å². The van der Waals surface area contributed by atoms with E-state index >= 15 is 0 Å². The van der Waals surface area contributed by atoms with Crippen molar-refractivity contribution in [3.8, 4) is 0 Å². The van der Waals surface area contributed by atoms with Crippen LogP contribution in [0.4, 0.5) is 11.5 Å². The second-order valence-electron chi connectivity index (χ2n) is 3.95. The minimum absolute atomic E-state index is 0.158. The highest BCUT2D eigenvalue weighted by Gasteiger charge is 2.07. The zero-order valence-electron chi connectivity index (χ0n) is 10.4. The molecule has 0 radical (unpaired) electrons. The van der Waals surface area contributed by atoms with Gasteiger partial charge < -0.3 is 10.6 Å². The highest BCUT2D eigenvalue weighted by atomic mass is 16.1. The van der Waals surface area contributed by atoms with Gasteiger partial charge in [-0.3, -0.25) is 4.79 Å². The van der Waals surface area contributed by atoms with E-state index in [0.29, 0.717) is 11.4 Å². The average Bonchev–Trinajstić information content (AvgIpc) is 2.42. The van der Waals surface area contributed by atoms with Crippen LogP contribution in [0.2, 0.25) is 0 Å². The van der Waals surface area contributed by atoms with Crippen LogP contribution in [0.25, 0.3) is 0 Å². The zero-order chi connectivity index (χ0) is 13.0. The first-order valence-corrected chi connectivity index (χ1v) is 5.71. The summed E-state index contributed by atoms with van der Waals surface area (Å²) in [7, 11) is 1.84. The van der Waals surface area contributed by atoms with Gasteiger partial charge in [0.1, 0.15) is 5.82 Å². The number of aromatic nitrogens is 1. The van der Waals surface area contributed by atoms with E-state index in [4.69, 9.17) is 0 Å². The fraction of sp³-hybridized carbons (Fsp3) is 0.143. The van der Waals surface area contributed by atoms with Gasteiger partial charge in [-0.25, -0.2) is 4.98 Å². The molecular formula is C14H15N3O. The highest BCUT2D eigenvalue weighted by Crippen LogP contribution is 2.17. The fourth-order valence-corrected chi connectivity index (χ4v) is 1.64. The molecule has 0 atom stereocenters. The summed E-state index contributed by atoms with van der Waals surface area (Å²) in [4.78, 5) is 16.1. The third-order valence-electron chi connectivity index (χ3n) is 2.65. The van der Waals surface area contributed by atoms with Gasteiger partial charge in [0.15, 0.2) is 0 Å². The summed E-state index contributed by atoms with van der Waals surface area (Å²) >= 11 is 0. The van der Waals surface area contributed by atoms with E-state index in [1.54, 1.807) is 18.3 Å². The Balaban J connectivity index is 2.17. The molecule has 0 aliphatic heterocycles. The number of carbonyl (C=O) groups excluding carboxylic acids is 1. The number of pyridine rings is 1. The summed E-state index contributed by atoms with van der Waals surface area (Å²) in [5.41, 5.74) is 2.61. The molecule has 18 heavy (non-hydrogen) atoms. The predicted octanol–water partition coefficient (Wildman–Crippen LogP) is 2.68. The minimum Gasteiger partial charge on any atom is -0.388 e. The van der Waals surface area contributed by atoms with Gasteiger partial charge in [0, 0.05) is 30.6 Å². The van der Waals surface area contributed by atoms with Crippen LogP contribution in [0.5, 0.6) is 0 Å². The van der Waals surface area contributed by atoms with Crippen molar-refractivity contribution in [1.29, 1.82) is 0 Å². The van der Waals surface area contributed by atoms with E-state index in [-0.39, 0.29) is 5.91 Å². The Kier molecular flexibility index (Phi) is 3.57. The molecular weight excluding hydrogens is 226 g/mol. The Morgan fingerprint density at radius 1 is 1.22 bits per heavy atom. The lowest BCUT2D eigenvalue weighted by molar-refractivity contribution is 0.102. The molecule has 0 aliphatic carbocycles. The number of anilines is 2. The molecule has 0 aliphatic rings. The minimum atomic E-state index is -0.158. The molecule has 0 bridgehead atoms. The Labute approximate surface area is 106 Å². The monoisotopic (exact) mass is 241 g/mol. The Bertz CT molecular complexity index is 552. The van der Waals surface area contributed by atoms with Gasteiger partial charge in [-0.2, -0.15) is 0 Å². The molecule has 1 aromatic carbocycles. The van der Waals surface area contributed by atoms with Crippen molar-refractivity contribution in [2.75, 3.05) is 17.7 Å². The van der Waals surface area contributed by atoms with Crippen molar-refractivity contribution in [2.24, 2.45) is 0 Å². The van der Waals surface area contributed by atoms with E-state index in [1.807, 2.05) is 38.2 Å². The standard InChI is InChI=1S/C14H15N3O/c1-10-9-16-13(8-12(10)15-2)17-14(18)11-6-4-3-5-7-11/h3-9H,1-2H3,(H2,15,16,17,18). The molecule has 2 aromatic rings. The summed E-state index contributed by atoms with van der Waals surface area (Å²) in [5, 5.41) is 5.83. The molecule has 1 aromatic heterocycles. The van der Waals surface area contributed by atoms with Gasteiger partial charge >= 0.3 is 0 Å². The maximum Gasteiger partial charge on any atom is 0.256 e. The summed E-state index contributed by atoms with van der Waals surface area (Å²) in [6.07, 6.45) is 1.73. The van der Waals surface area contributed by atoms with E-state index in [1.165, 1.54) is 0 Å². The van der Waals surface area contributed by atoms with Crippen molar-refractivity contribution >= 4 is 17.4 Å². The van der Waals surface area contributed by atoms with Crippen LogP contribution in [-0.4, -0.2) is 17.9 Å². The summed E-state index contributed by atoms with van der Waals surface area (Å²) in [5.74, 6) is 0.382. The van der Waals surface area contributed by atoms with Crippen LogP contribution in [0.3, 0.4) is 0 Å². The van der Waals surface area contributed by atoms with E-state index in [0.717, 1.165) is 11.3 Å². The second kappa shape index (κ2) is 5.31. The molecule has 1 amide bonds. The molecule has 0 fully saturated rings. The van der Waals surface area contributed by atoms with Crippen molar-refractivity contribution in [3.63, 3.8) is 0 Å². The Hall–Kier alpha value is -2.36. The van der Waals surface area contributed by atoms with Gasteiger partial charge in [-0.05, 0) is 24.6 Å². The molecule has 0 spiro atoms. The van der Waals surface area contributed by atoms with Crippen LogP contribution >= 0.6 is 0 Å². The summed E-state index contributed by atoms with van der Waals surface area (Å²) < 4.78 is 0. The predicted molar refractivity (Wildman–Crippen MR) is 72.9 cm³/mol. The van der Waals surface area contributed by atoms with Gasteiger partial charge in [0.2, 0.25) is 0 Å². The SMILES string of the molecule is CNc1cc(NC(=O)c2ccccc2)ncc1C. The topological polar surface area (TPSA) is 54.0 Å². The van der Waals surface area contributed by atoms with Gasteiger partial charge in [-0.1, -0.05) is 18.2 Å². The highest BCUT2D eigenvalue weighted by molar-refractivity contribution is 6.03. The normalized spacial score (nSPS) is 9.89. The third kappa shape index (κ3) is 2.66. The fourth-order valence-electron chi connectivity index (χ4n) is 1.64. The van der Waals surface area contributed by atoms with Crippen LogP contribution in [0.1, 0.15) is 15.9 Å². The number of aryl methyl sites for hydroxylation is 1. The second-order valence-corrected chi connectivity index (χ2v) is 3.95. The van der Waals surface area contributed by atoms with E-state index < -0.39 is 0 Å². The number of amides is 1. The molecule has 2 N–H and O–H groups in total. The zero-order valence-corrected chi connectivity index (χ0v) is 10.4. The number of carbonyl (C=O) groups is 1. The van der Waals surface area contributed by atoms with Crippen molar-refractivity contribution in [1.82, 2.24) is 4.98 Å². The third-order valence-corrected chi connectivity index (χ3v) is 2.65. The number of nitrogens with one attached hydrogen (secondary N) is 2. The van der Waals surface area contributed by atoms with Crippen molar-refractivity contribution < 1.29 is 4.79 Å². The number of nitrogens with zero attached hydrogens (tertiary/aromatic N) is 1. The number of rotatable bonds is 3. The van der Waals surface area contributed by atoms with Crippen LogP contribution in [0, 0.1) is 6.92 Å². The molecule has 1 heterocycles. The summed E-state index contributed by atoms with van der Waals surface area (Å²) in [6, 6.07) is 10.9. The van der Waals surface area contributed by atoms with Crippen LogP contribution < -0.4 is 10.6 Å².